The van der Waals surface area contributed by atoms with Crippen LogP contribution in [0.3, 0.4) is 0 Å². The zero-order valence-electron chi connectivity index (χ0n) is 10.3. The second-order valence-electron chi connectivity index (χ2n) is 5.50. The van der Waals surface area contributed by atoms with E-state index in [0.29, 0.717) is 0 Å². The summed E-state index contributed by atoms with van der Waals surface area (Å²) in [6.45, 7) is 4.79. The van der Waals surface area contributed by atoms with Crippen LogP contribution in [0.15, 0.2) is 11.6 Å². The van der Waals surface area contributed by atoms with Crippen molar-refractivity contribution in [1.82, 2.24) is 10.2 Å². The van der Waals surface area contributed by atoms with E-state index in [1.165, 1.54) is 10.5 Å². The molecule has 3 heterocycles. The van der Waals surface area contributed by atoms with Gasteiger partial charge in [0, 0.05) is 13.6 Å². The van der Waals surface area contributed by atoms with E-state index in [1.807, 2.05) is 13.8 Å². The molecule has 3 rings (SSSR count). The molecule has 5 atom stereocenters. The van der Waals surface area contributed by atoms with Crippen molar-refractivity contribution < 1.29 is 14.6 Å². The van der Waals surface area contributed by atoms with E-state index in [-0.39, 0.29) is 17.9 Å². The maximum absolute atomic E-state index is 12.1. The van der Waals surface area contributed by atoms with E-state index in [4.69, 9.17) is 4.74 Å². The monoisotopic (exact) mass is 238 g/mol. The smallest absolute Gasteiger partial charge is 0.232 e. The Balaban J connectivity index is 1.99. The Morgan fingerprint density at radius 3 is 3.06 bits per heavy atom. The number of hydrogen-bond donors (Lipinski definition) is 2. The van der Waals surface area contributed by atoms with E-state index < -0.39 is 17.9 Å². The summed E-state index contributed by atoms with van der Waals surface area (Å²) in [5, 5.41) is 13.4. The number of fused-ring (bicyclic) bond motifs is 3. The predicted octanol–water partition coefficient (Wildman–Crippen LogP) is -0.531. The first-order chi connectivity index (χ1) is 7.94. The molecule has 0 spiro atoms. The van der Waals surface area contributed by atoms with Gasteiger partial charge in [-0.05, 0) is 13.8 Å². The van der Waals surface area contributed by atoms with Crippen LogP contribution in [0, 0.1) is 5.92 Å². The van der Waals surface area contributed by atoms with Crippen LogP contribution < -0.4 is 5.32 Å². The van der Waals surface area contributed by atoms with Gasteiger partial charge in [-0.2, -0.15) is 0 Å². The number of carbonyl (C=O) groups excluding carboxylic acids is 1. The number of hydrogen-bond acceptors (Lipinski definition) is 4. The number of carbonyl (C=O) groups is 1. The third-order valence-electron chi connectivity index (χ3n) is 4.18. The van der Waals surface area contributed by atoms with Crippen molar-refractivity contribution >= 4 is 5.91 Å². The van der Waals surface area contributed by atoms with Gasteiger partial charge in [0.25, 0.3) is 0 Å². The molecular formula is C12H18N2O3. The molecule has 0 aromatic carbocycles. The summed E-state index contributed by atoms with van der Waals surface area (Å²) in [4.78, 5) is 13.5. The molecular weight excluding hydrogens is 220 g/mol. The van der Waals surface area contributed by atoms with Gasteiger partial charge in [0.05, 0.1) is 12.0 Å². The molecule has 0 saturated carbocycles. The molecule has 0 aromatic rings. The van der Waals surface area contributed by atoms with E-state index in [2.05, 4.69) is 11.4 Å². The van der Waals surface area contributed by atoms with Crippen molar-refractivity contribution in [3.05, 3.63) is 11.6 Å². The second-order valence-corrected chi connectivity index (χ2v) is 5.50. The third kappa shape index (κ3) is 1.33. The number of amides is 1. The quantitative estimate of drug-likeness (QED) is 0.557. The summed E-state index contributed by atoms with van der Waals surface area (Å²) < 4.78 is 5.95. The summed E-state index contributed by atoms with van der Waals surface area (Å²) in [5.41, 5.74) is 0.731. The van der Waals surface area contributed by atoms with Gasteiger partial charge in [-0.3, -0.25) is 4.79 Å². The average molecular weight is 238 g/mol. The minimum absolute atomic E-state index is 0.0309. The highest BCUT2D eigenvalue weighted by molar-refractivity contribution is 5.83. The Labute approximate surface area is 100 Å². The molecule has 1 amide bonds. The number of ether oxygens (including phenoxy) is 1. The first-order valence-electron chi connectivity index (χ1n) is 5.98. The molecule has 3 aliphatic rings. The van der Waals surface area contributed by atoms with Gasteiger partial charge >= 0.3 is 0 Å². The lowest BCUT2D eigenvalue weighted by Crippen LogP contribution is -2.53. The number of aliphatic hydroxyl groups is 1. The number of likely N-dealkylation sites (N-methyl/N-ethyl adjacent to an activating group) is 1. The first kappa shape index (κ1) is 11.2. The number of rotatable bonds is 0. The van der Waals surface area contributed by atoms with Gasteiger partial charge in [0.2, 0.25) is 5.91 Å². The standard InChI is InChI=1S/C12H18N2O3/c1-6-4-12(2)9(13-5-6)7-8(17-12)11(16)14(3)10(7)15/h4,7-9,11,13,16H,5H2,1-3H3/t7-,8-,9-,11-,12-/m0/s1. The van der Waals surface area contributed by atoms with Crippen molar-refractivity contribution in [2.24, 2.45) is 5.92 Å². The van der Waals surface area contributed by atoms with Crippen molar-refractivity contribution in [3.8, 4) is 0 Å². The Kier molecular flexibility index (Phi) is 2.18. The summed E-state index contributed by atoms with van der Waals surface area (Å²) >= 11 is 0. The number of likely N-dealkylation sites (tertiary alicyclic amines) is 1. The summed E-state index contributed by atoms with van der Waals surface area (Å²) in [6, 6.07) is -0.0386. The van der Waals surface area contributed by atoms with Crippen LogP contribution in [-0.2, 0) is 9.53 Å². The van der Waals surface area contributed by atoms with Crippen LogP contribution in [0.1, 0.15) is 13.8 Å². The number of nitrogens with zero attached hydrogens (tertiary/aromatic N) is 1. The van der Waals surface area contributed by atoms with E-state index in [9.17, 15) is 9.90 Å². The van der Waals surface area contributed by atoms with Crippen molar-refractivity contribution in [3.63, 3.8) is 0 Å². The second kappa shape index (κ2) is 3.31. The molecule has 2 N–H and O–H groups in total. The van der Waals surface area contributed by atoms with Crippen LogP contribution >= 0.6 is 0 Å². The molecule has 17 heavy (non-hydrogen) atoms. The summed E-state index contributed by atoms with van der Waals surface area (Å²) in [5.74, 6) is -0.305. The Morgan fingerprint density at radius 2 is 2.35 bits per heavy atom. The van der Waals surface area contributed by atoms with Crippen LogP contribution in [0.5, 0.6) is 0 Å². The fraction of sp³-hybridized carbons (Fsp3) is 0.750. The minimum atomic E-state index is -0.828. The maximum Gasteiger partial charge on any atom is 0.232 e. The number of aliphatic hydroxyl groups excluding tert-OH is 1. The molecule has 5 heteroatoms. The zero-order chi connectivity index (χ0) is 12.4. The number of nitrogens with one attached hydrogen (secondary N) is 1. The summed E-state index contributed by atoms with van der Waals surface area (Å²) in [7, 11) is 1.62. The van der Waals surface area contributed by atoms with Gasteiger partial charge in [0.1, 0.15) is 11.7 Å². The highest BCUT2D eigenvalue weighted by atomic mass is 16.5. The molecule has 5 nitrogen and oxygen atoms in total. The van der Waals surface area contributed by atoms with Gasteiger partial charge in [-0.15, -0.1) is 0 Å². The normalized spacial score (nSPS) is 49.1. The van der Waals surface area contributed by atoms with Gasteiger partial charge in [-0.1, -0.05) is 11.6 Å². The van der Waals surface area contributed by atoms with Crippen LogP contribution in [0.2, 0.25) is 0 Å². The third-order valence-corrected chi connectivity index (χ3v) is 4.18. The van der Waals surface area contributed by atoms with Gasteiger partial charge in [0.15, 0.2) is 6.23 Å². The van der Waals surface area contributed by atoms with Crippen LogP contribution in [0.4, 0.5) is 0 Å². The first-order valence-corrected chi connectivity index (χ1v) is 5.98. The Morgan fingerprint density at radius 1 is 1.65 bits per heavy atom. The highest BCUT2D eigenvalue weighted by Gasteiger charge is 2.62. The lowest BCUT2D eigenvalue weighted by molar-refractivity contribution is -0.138. The van der Waals surface area contributed by atoms with Crippen LogP contribution in [0.25, 0.3) is 0 Å². The zero-order valence-corrected chi connectivity index (χ0v) is 10.3. The lowest BCUT2D eigenvalue weighted by Gasteiger charge is -2.36. The fourth-order valence-corrected chi connectivity index (χ4v) is 3.37. The molecule has 2 fully saturated rings. The molecule has 94 valence electrons. The molecule has 0 bridgehead atoms. The van der Waals surface area contributed by atoms with E-state index >= 15 is 0 Å². The van der Waals surface area contributed by atoms with Crippen molar-refractivity contribution in [2.75, 3.05) is 13.6 Å². The lowest BCUT2D eigenvalue weighted by atomic mass is 9.84. The topological polar surface area (TPSA) is 61.8 Å². The van der Waals surface area contributed by atoms with Crippen molar-refractivity contribution in [1.29, 1.82) is 0 Å². The largest absolute Gasteiger partial charge is 0.371 e. The molecule has 2 saturated heterocycles. The average Bonchev–Trinajstić information content (AvgIpc) is 2.66. The van der Waals surface area contributed by atoms with Crippen LogP contribution in [-0.4, -0.2) is 53.5 Å². The molecule has 0 unspecified atom stereocenters. The highest BCUT2D eigenvalue weighted by Crippen LogP contribution is 2.44. The Hall–Kier alpha value is -0.910. The molecule has 3 aliphatic heterocycles. The fourth-order valence-electron chi connectivity index (χ4n) is 3.37. The Bertz CT molecular complexity index is 409. The van der Waals surface area contributed by atoms with Gasteiger partial charge in [-0.25, -0.2) is 0 Å². The van der Waals surface area contributed by atoms with Gasteiger partial charge < -0.3 is 20.1 Å². The van der Waals surface area contributed by atoms with E-state index in [0.717, 1.165) is 6.54 Å². The minimum Gasteiger partial charge on any atom is -0.371 e. The molecule has 0 aliphatic carbocycles. The predicted molar refractivity (Wildman–Crippen MR) is 61.1 cm³/mol. The maximum atomic E-state index is 12.1. The molecule has 0 aromatic heterocycles. The SMILES string of the molecule is CC1=C[C@]2(C)O[C@H]3[C@H](C(=O)N(C)[C@H]3O)[C@@H]2NC1. The van der Waals surface area contributed by atoms with Crippen molar-refractivity contribution in [2.45, 2.75) is 37.8 Å². The van der Waals surface area contributed by atoms with E-state index in [1.54, 1.807) is 7.05 Å². The summed E-state index contributed by atoms with van der Waals surface area (Å²) in [6.07, 6.45) is 0.828. The molecule has 0 radical (unpaired) electrons.